The summed E-state index contributed by atoms with van der Waals surface area (Å²) in [7, 11) is 0. The van der Waals surface area contributed by atoms with Gasteiger partial charge < -0.3 is 24.8 Å². The van der Waals surface area contributed by atoms with Crippen LogP contribution in [0.25, 0.3) is 0 Å². The largest absolute Gasteiger partial charge is 0.481 e. The lowest BCUT2D eigenvalue weighted by Crippen LogP contribution is -2.58. The van der Waals surface area contributed by atoms with Crippen LogP contribution >= 0.6 is 0 Å². The summed E-state index contributed by atoms with van der Waals surface area (Å²) < 4.78 is 10.2. The highest BCUT2D eigenvalue weighted by atomic mass is 16.6. The Kier molecular flexibility index (Phi) is 4.21. The molecule has 0 unspecified atom stereocenters. The van der Waals surface area contributed by atoms with Gasteiger partial charge in [-0.25, -0.2) is 9.59 Å². The number of hydrogen-bond donors (Lipinski definition) is 3. The number of aliphatic hydroxyl groups is 2. The summed E-state index contributed by atoms with van der Waals surface area (Å²) in [6.45, 7) is 3.75. The summed E-state index contributed by atoms with van der Waals surface area (Å²) in [5, 5.41) is 30.2. The van der Waals surface area contributed by atoms with Gasteiger partial charge in [-0.3, -0.25) is 4.79 Å². The van der Waals surface area contributed by atoms with E-state index in [2.05, 4.69) is 4.74 Å². The van der Waals surface area contributed by atoms with E-state index in [0.29, 0.717) is 18.4 Å². The summed E-state index contributed by atoms with van der Waals surface area (Å²) >= 11 is 0. The molecule has 0 radical (unpaired) electrons. The second kappa shape index (κ2) is 6.15. The second-order valence-corrected chi connectivity index (χ2v) is 8.69. The monoisotopic (exact) mass is 392 g/mol. The average molecular weight is 392 g/mol. The van der Waals surface area contributed by atoms with Crippen LogP contribution in [0.4, 0.5) is 0 Å². The van der Waals surface area contributed by atoms with Crippen molar-refractivity contribution in [2.45, 2.75) is 58.0 Å². The Bertz CT molecular complexity index is 813. The Hall–Kier alpha value is -2.19. The number of carbonyl (C=O) groups is 3. The van der Waals surface area contributed by atoms with Gasteiger partial charge in [0, 0.05) is 11.0 Å². The Morgan fingerprint density at radius 2 is 2.00 bits per heavy atom. The first-order chi connectivity index (χ1) is 13.1. The van der Waals surface area contributed by atoms with E-state index in [-0.39, 0.29) is 24.3 Å². The molecule has 0 aromatic rings. The number of aliphatic carboxylic acids is 1. The molecule has 1 saturated carbocycles. The van der Waals surface area contributed by atoms with Gasteiger partial charge in [0.05, 0.1) is 17.6 Å². The second-order valence-electron chi connectivity index (χ2n) is 8.69. The first-order valence-corrected chi connectivity index (χ1v) is 9.52. The van der Waals surface area contributed by atoms with Crippen LogP contribution in [0.3, 0.4) is 0 Å². The van der Waals surface area contributed by atoms with Gasteiger partial charge in [0.25, 0.3) is 0 Å². The van der Waals surface area contributed by atoms with Crippen molar-refractivity contribution in [2.24, 2.45) is 22.7 Å². The molecule has 7 atom stereocenters. The molecule has 2 aliphatic carbocycles. The third-order valence-corrected chi connectivity index (χ3v) is 7.36. The van der Waals surface area contributed by atoms with E-state index in [1.807, 2.05) is 19.9 Å². The first kappa shape index (κ1) is 19.1. The molecule has 28 heavy (non-hydrogen) atoms. The van der Waals surface area contributed by atoms with E-state index in [9.17, 15) is 29.7 Å². The normalized spacial score (nSPS) is 42.9. The number of ether oxygens (including phenoxy) is 2. The zero-order valence-corrected chi connectivity index (χ0v) is 15.8. The van der Waals surface area contributed by atoms with Crippen LogP contribution in [0.1, 0.15) is 39.5 Å². The fraction of sp³-hybridized carbons (Fsp3) is 0.650. The van der Waals surface area contributed by atoms with Crippen molar-refractivity contribution in [3.8, 4) is 0 Å². The van der Waals surface area contributed by atoms with Gasteiger partial charge in [-0.1, -0.05) is 19.9 Å². The maximum absolute atomic E-state index is 12.4. The summed E-state index contributed by atoms with van der Waals surface area (Å²) in [4.78, 5) is 36.4. The molecule has 8 heteroatoms. The van der Waals surface area contributed by atoms with Gasteiger partial charge in [0.15, 0.2) is 0 Å². The lowest BCUT2D eigenvalue weighted by Gasteiger charge is -2.56. The van der Waals surface area contributed by atoms with Crippen molar-refractivity contribution in [3.63, 3.8) is 0 Å². The molecule has 4 rings (SSSR count). The van der Waals surface area contributed by atoms with E-state index in [0.717, 1.165) is 6.08 Å². The van der Waals surface area contributed by atoms with Gasteiger partial charge in [0.2, 0.25) is 6.29 Å². The SMILES string of the molecule is C[C@@]1(C[C@@H](O)C2=C[C@H](O)OC2=O)[C@@H](C(=O)O)C[C@H]2OC(=O)C3=CCC[C@@H]1[C@]32C. The summed E-state index contributed by atoms with van der Waals surface area (Å²) in [6, 6.07) is 0. The van der Waals surface area contributed by atoms with Gasteiger partial charge in [0.1, 0.15) is 6.10 Å². The van der Waals surface area contributed by atoms with Crippen molar-refractivity contribution in [2.75, 3.05) is 0 Å². The molecule has 8 nitrogen and oxygen atoms in total. The lowest BCUT2D eigenvalue weighted by atomic mass is 9.46. The van der Waals surface area contributed by atoms with Crippen molar-refractivity contribution in [1.29, 1.82) is 0 Å². The van der Waals surface area contributed by atoms with Crippen LogP contribution in [-0.4, -0.2) is 51.7 Å². The quantitative estimate of drug-likeness (QED) is 0.602. The Morgan fingerprint density at radius 1 is 1.29 bits per heavy atom. The maximum atomic E-state index is 12.4. The van der Waals surface area contributed by atoms with E-state index in [1.165, 1.54) is 0 Å². The minimum absolute atomic E-state index is 0.00602. The first-order valence-electron chi connectivity index (χ1n) is 9.52. The summed E-state index contributed by atoms with van der Waals surface area (Å²) in [6.07, 6.45) is 1.28. The molecule has 3 N–H and O–H groups in total. The highest BCUT2D eigenvalue weighted by Gasteiger charge is 2.66. The highest BCUT2D eigenvalue weighted by Crippen LogP contribution is 2.65. The van der Waals surface area contributed by atoms with Crippen LogP contribution in [0.5, 0.6) is 0 Å². The number of rotatable bonds is 4. The molecule has 0 aromatic heterocycles. The molecule has 4 aliphatic rings. The van der Waals surface area contributed by atoms with E-state index in [4.69, 9.17) is 4.74 Å². The number of carboxylic acids is 1. The van der Waals surface area contributed by atoms with Crippen LogP contribution in [0, 0.1) is 22.7 Å². The van der Waals surface area contributed by atoms with Gasteiger partial charge in [-0.05, 0) is 43.1 Å². The molecular formula is C20H24O8. The van der Waals surface area contributed by atoms with E-state index >= 15 is 0 Å². The van der Waals surface area contributed by atoms with Crippen LogP contribution < -0.4 is 0 Å². The van der Waals surface area contributed by atoms with Crippen LogP contribution in [-0.2, 0) is 23.9 Å². The maximum Gasteiger partial charge on any atom is 0.339 e. The molecule has 152 valence electrons. The van der Waals surface area contributed by atoms with Crippen molar-refractivity contribution < 1.29 is 39.2 Å². The smallest absolute Gasteiger partial charge is 0.339 e. The Balaban J connectivity index is 1.74. The Morgan fingerprint density at radius 3 is 2.61 bits per heavy atom. The number of hydrogen-bond acceptors (Lipinski definition) is 7. The Labute approximate surface area is 161 Å². The van der Waals surface area contributed by atoms with Crippen molar-refractivity contribution in [1.82, 2.24) is 0 Å². The van der Waals surface area contributed by atoms with E-state index in [1.54, 1.807) is 0 Å². The molecule has 2 heterocycles. The third kappa shape index (κ3) is 2.47. The third-order valence-electron chi connectivity index (χ3n) is 7.36. The van der Waals surface area contributed by atoms with E-state index < -0.39 is 53.2 Å². The molecular weight excluding hydrogens is 368 g/mol. The van der Waals surface area contributed by atoms with Crippen molar-refractivity contribution >= 4 is 17.9 Å². The fourth-order valence-electron chi connectivity index (χ4n) is 6.03. The molecule has 0 amide bonds. The molecule has 2 fully saturated rings. The van der Waals surface area contributed by atoms with Crippen LogP contribution in [0.15, 0.2) is 23.3 Å². The number of cyclic esters (lactones) is 1. The number of allylic oxidation sites excluding steroid dienone is 1. The number of aliphatic hydroxyl groups excluding tert-OH is 2. The predicted octanol–water partition coefficient (Wildman–Crippen LogP) is 0.918. The van der Waals surface area contributed by atoms with Gasteiger partial charge in [-0.15, -0.1) is 0 Å². The minimum atomic E-state index is -1.40. The summed E-state index contributed by atoms with van der Waals surface area (Å²) in [5.74, 6) is -3.28. The molecule has 0 bridgehead atoms. The molecule has 2 aliphatic heterocycles. The van der Waals surface area contributed by atoms with Gasteiger partial charge in [-0.2, -0.15) is 0 Å². The summed E-state index contributed by atoms with van der Waals surface area (Å²) in [5.41, 5.74) is -0.984. The zero-order chi connectivity index (χ0) is 20.4. The number of esters is 2. The number of carbonyl (C=O) groups excluding carboxylic acids is 2. The standard InChI is InChI=1S/C20H24O8/c1-19(8-12(21)9-6-15(22)28-17(9)25)11(16(23)24)7-14-20(2)10(18(26)27-14)4-3-5-13(19)20/h4,6,11-15,21-22H,3,5,7-8H2,1-2H3,(H,23,24)/t11-,12-,13+,14-,15-,19-,20+/m1/s1. The lowest BCUT2D eigenvalue weighted by molar-refractivity contribution is -0.172. The fourth-order valence-corrected chi connectivity index (χ4v) is 6.03. The average Bonchev–Trinajstić information content (AvgIpc) is 3.07. The predicted molar refractivity (Wildman–Crippen MR) is 93.4 cm³/mol. The molecule has 1 saturated heterocycles. The van der Waals surface area contributed by atoms with Crippen molar-refractivity contribution in [3.05, 3.63) is 23.3 Å². The highest BCUT2D eigenvalue weighted by molar-refractivity contribution is 5.93. The molecule has 0 aromatic carbocycles. The van der Waals surface area contributed by atoms with Crippen LogP contribution in [0.2, 0.25) is 0 Å². The molecule has 0 spiro atoms. The topological polar surface area (TPSA) is 130 Å². The minimum Gasteiger partial charge on any atom is -0.481 e. The zero-order valence-electron chi connectivity index (χ0n) is 15.8. The van der Waals surface area contributed by atoms with Gasteiger partial charge >= 0.3 is 17.9 Å². The number of carboxylic acid groups (broad SMARTS) is 1.